The second-order valence-electron chi connectivity index (χ2n) is 12.9. The minimum Gasteiger partial charge on any atom is -0.462 e. The fraction of sp³-hybridized carbons (Fsp3) is 0.882. The van der Waals surface area contributed by atoms with Crippen molar-refractivity contribution in [2.75, 3.05) is 47.5 Å². The number of nitrogens with zero attached hydrogens (tertiary/aromatic N) is 1. The van der Waals surface area contributed by atoms with Crippen molar-refractivity contribution in [3.05, 3.63) is 12.2 Å². The second kappa shape index (κ2) is 28.0. The Balaban J connectivity index is 4.50. The standard InChI is InChI=1S/C34H66NO8P/c1-6-8-10-12-14-16-17-19-20-22-24-26-33(36)40-30-32(31-42-44(38,39)41-29-28-35(3,4)5)43-34(37)27-25-23-21-18-15-13-11-9-7-2/h12,14,32H,6-11,13,15-31H2,1-5H3/p+1/b14-12-/t32-/m1/s1. The van der Waals surface area contributed by atoms with Crippen molar-refractivity contribution in [1.29, 1.82) is 0 Å². The Kier molecular flexibility index (Phi) is 27.2. The van der Waals surface area contributed by atoms with E-state index in [-0.39, 0.29) is 32.0 Å². The number of quaternary nitrogens is 1. The van der Waals surface area contributed by atoms with Crippen molar-refractivity contribution in [2.45, 2.75) is 148 Å². The number of ether oxygens (including phenoxy) is 2. The van der Waals surface area contributed by atoms with Crippen LogP contribution in [0.2, 0.25) is 0 Å². The molecule has 0 heterocycles. The van der Waals surface area contributed by atoms with Crippen molar-refractivity contribution in [1.82, 2.24) is 0 Å². The van der Waals surface area contributed by atoms with Crippen molar-refractivity contribution in [3.63, 3.8) is 0 Å². The molecule has 0 amide bonds. The summed E-state index contributed by atoms with van der Waals surface area (Å²) in [6.45, 7) is 4.32. The van der Waals surface area contributed by atoms with Crippen molar-refractivity contribution in [3.8, 4) is 0 Å². The topological polar surface area (TPSA) is 108 Å². The number of phosphoric acid groups is 1. The van der Waals surface area contributed by atoms with Crippen molar-refractivity contribution in [2.24, 2.45) is 0 Å². The third-order valence-electron chi connectivity index (χ3n) is 7.30. The Labute approximate surface area is 269 Å². The number of hydrogen-bond acceptors (Lipinski definition) is 7. The van der Waals surface area contributed by atoms with E-state index in [1.807, 2.05) is 21.1 Å². The number of likely N-dealkylation sites (N-methyl/N-ethyl adjacent to an activating group) is 1. The van der Waals surface area contributed by atoms with E-state index >= 15 is 0 Å². The van der Waals surface area contributed by atoms with Gasteiger partial charge in [0.05, 0.1) is 27.7 Å². The Morgan fingerprint density at radius 3 is 1.75 bits per heavy atom. The quantitative estimate of drug-likeness (QED) is 0.0262. The first-order chi connectivity index (χ1) is 21.0. The Hall–Kier alpha value is -1.25. The van der Waals surface area contributed by atoms with E-state index < -0.39 is 26.5 Å². The van der Waals surface area contributed by atoms with Gasteiger partial charge in [0.15, 0.2) is 6.10 Å². The molecule has 10 heteroatoms. The van der Waals surface area contributed by atoms with Crippen molar-refractivity contribution >= 4 is 19.8 Å². The van der Waals surface area contributed by atoms with Crippen LogP contribution in [0.25, 0.3) is 0 Å². The van der Waals surface area contributed by atoms with Crippen LogP contribution in [-0.2, 0) is 32.7 Å². The van der Waals surface area contributed by atoms with Gasteiger partial charge in [0, 0.05) is 12.8 Å². The number of unbranched alkanes of at least 4 members (excludes halogenated alkanes) is 15. The molecule has 0 spiro atoms. The Bertz CT molecular complexity index is 784. The monoisotopic (exact) mass is 648 g/mol. The second-order valence-corrected chi connectivity index (χ2v) is 14.4. The first-order valence-corrected chi connectivity index (χ1v) is 18.9. The lowest BCUT2D eigenvalue weighted by Gasteiger charge is -2.24. The third-order valence-corrected chi connectivity index (χ3v) is 8.28. The van der Waals surface area contributed by atoms with E-state index in [1.165, 1.54) is 51.4 Å². The van der Waals surface area contributed by atoms with Crippen LogP contribution in [0.5, 0.6) is 0 Å². The first kappa shape index (κ1) is 42.8. The summed E-state index contributed by atoms with van der Waals surface area (Å²) >= 11 is 0. The summed E-state index contributed by atoms with van der Waals surface area (Å²) in [6.07, 6.45) is 24.1. The van der Waals surface area contributed by atoms with E-state index in [2.05, 4.69) is 26.0 Å². The van der Waals surface area contributed by atoms with Gasteiger partial charge in [-0.2, -0.15) is 0 Å². The maximum absolute atomic E-state index is 12.5. The van der Waals surface area contributed by atoms with Crippen LogP contribution in [0.15, 0.2) is 12.2 Å². The summed E-state index contributed by atoms with van der Waals surface area (Å²) < 4.78 is 34.0. The zero-order valence-electron chi connectivity index (χ0n) is 28.9. The summed E-state index contributed by atoms with van der Waals surface area (Å²) in [7, 11) is 1.47. The number of phosphoric ester groups is 1. The Morgan fingerprint density at radius 1 is 0.682 bits per heavy atom. The smallest absolute Gasteiger partial charge is 0.462 e. The molecular weight excluding hydrogens is 581 g/mol. The molecule has 0 aliphatic heterocycles. The van der Waals surface area contributed by atoms with Crippen LogP contribution in [0.3, 0.4) is 0 Å². The molecule has 44 heavy (non-hydrogen) atoms. The fourth-order valence-electron chi connectivity index (χ4n) is 4.46. The SMILES string of the molecule is CCCC/C=C\CCCCCCCC(=O)OC[C@H](COP(=O)(O)OCC[N+](C)(C)C)OC(=O)CCCCCCCCCCC. The molecule has 0 aliphatic rings. The van der Waals surface area contributed by atoms with E-state index in [9.17, 15) is 19.0 Å². The van der Waals surface area contributed by atoms with Crippen LogP contribution in [0.4, 0.5) is 0 Å². The molecule has 0 saturated heterocycles. The average Bonchev–Trinajstić information content (AvgIpc) is 2.95. The maximum atomic E-state index is 12.5. The lowest BCUT2D eigenvalue weighted by atomic mass is 10.1. The molecule has 0 bridgehead atoms. The number of allylic oxidation sites excluding steroid dienone is 2. The molecule has 0 aromatic carbocycles. The largest absolute Gasteiger partial charge is 0.472 e. The number of hydrogen-bond donors (Lipinski definition) is 1. The van der Waals surface area contributed by atoms with Crippen LogP contribution in [0, 0.1) is 0 Å². The normalized spacial score (nSPS) is 14.0. The number of carbonyl (C=O) groups is 2. The van der Waals surface area contributed by atoms with Gasteiger partial charge < -0.3 is 18.9 Å². The van der Waals surface area contributed by atoms with Gasteiger partial charge in [0.1, 0.15) is 19.8 Å². The highest BCUT2D eigenvalue weighted by Crippen LogP contribution is 2.43. The van der Waals surface area contributed by atoms with Gasteiger partial charge in [0.25, 0.3) is 0 Å². The predicted molar refractivity (Wildman–Crippen MR) is 178 cm³/mol. The van der Waals surface area contributed by atoms with Gasteiger partial charge in [-0.15, -0.1) is 0 Å². The highest BCUT2D eigenvalue weighted by Gasteiger charge is 2.27. The molecule has 0 rings (SSSR count). The van der Waals surface area contributed by atoms with Gasteiger partial charge in [-0.25, -0.2) is 4.57 Å². The summed E-state index contributed by atoms with van der Waals surface area (Å²) in [5.41, 5.74) is 0. The third kappa shape index (κ3) is 30.8. The van der Waals surface area contributed by atoms with Gasteiger partial charge in [0.2, 0.25) is 0 Å². The fourth-order valence-corrected chi connectivity index (χ4v) is 5.20. The highest BCUT2D eigenvalue weighted by atomic mass is 31.2. The van der Waals surface area contributed by atoms with E-state index in [1.54, 1.807) is 0 Å². The zero-order valence-corrected chi connectivity index (χ0v) is 29.8. The molecule has 2 atom stereocenters. The molecule has 0 aromatic rings. The molecule has 1 N–H and O–H groups in total. The summed E-state index contributed by atoms with van der Waals surface area (Å²) in [6, 6.07) is 0. The van der Waals surface area contributed by atoms with Crippen molar-refractivity contribution < 1.29 is 42.1 Å². The Morgan fingerprint density at radius 2 is 1.18 bits per heavy atom. The molecule has 1 unspecified atom stereocenters. The lowest BCUT2D eigenvalue weighted by Crippen LogP contribution is -2.37. The van der Waals surface area contributed by atoms with Gasteiger partial charge in [-0.1, -0.05) is 109 Å². The predicted octanol–water partition coefficient (Wildman–Crippen LogP) is 8.68. The zero-order chi connectivity index (χ0) is 32.9. The highest BCUT2D eigenvalue weighted by molar-refractivity contribution is 7.47. The summed E-state index contributed by atoms with van der Waals surface area (Å²) in [4.78, 5) is 34.9. The van der Waals surface area contributed by atoms with Gasteiger partial charge in [-0.05, 0) is 32.1 Å². The molecule has 0 aromatic heterocycles. The molecule has 9 nitrogen and oxygen atoms in total. The molecule has 0 aliphatic carbocycles. The number of esters is 2. The molecule has 0 fully saturated rings. The molecule has 0 saturated carbocycles. The van der Waals surface area contributed by atoms with Crippen LogP contribution in [0.1, 0.15) is 142 Å². The molecular formula is C34H67NO8P+. The van der Waals surface area contributed by atoms with Gasteiger partial charge >= 0.3 is 19.8 Å². The van der Waals surface area contributed by atoms with E-state index in [4.69, 9.17) is 18.5 Å². The summed E-state index contributed by atoms with van der Waals surface area (Å²) in [5, 5.41) is 0. The van der Waals surface area contributed by atoms with Crippen LogP contribution >= 0.6 is 7.82 Å². The molecule has 260 valence electrons. The van der Waals surface area contributed by atoms with E-state index in [0.717, 1.165) is 57.8 Å². The number of carbonyl (C=O) groups excluding carboxylic acids is 2. The van der Waals surface area contributed by atoms with E-state index in [0.29, 0.717) is 17.4 Å². The summed E-state index contributed by atoms with van der Waals surface area (Å²) in [5.74, 6) is -0.813. The first-order valence-electron chi connectivity index (χ1n) is 17.4. The van der Waals surface area contributed by atoms with Crippen LogP contribution in [-0.4, -0.2) is 74.9 Å². The lowest BCUT2D eigenvalue weighted by molar-refractivity contribution is -0.870. The maximum Gasteiger partial charge on any atom is 0.472 e. The number of rotatable bonds is 31. The minimum absolute atomic E-state index is 0.0327. The minimum atomic E-state index is -4.35. The average molecular weight is 649 g/mol. The van der Waals surface area contributed by atoms with Gasteiger partial charge in [-0.3, -0.25) is 18.6 Å². The molecule has 0 radical (unpaired) electrons. The van der Waals surface area contributed by atoms with Crippen LogP contribution < -0.4 is 0 Å².